The van der Waals surface area contributed by atoms with Gasteiger partial charge in [0.1, 0.15) is 5.82 Å². The van der Waals surface area contributed by atoms with Crippen LogP contribution in [0.25, 0.3) is 0 Å². The molecule has 0 spiro atoms. The van der Waals surface area contributed by atoms with E-state index < -0.39 is 0 Å². The van der Waals surface area contributed by atoms with Gasteiger partial charge in [-0.1, -0.05) is 17.7 Å². The summed E-state index contributed by atoms with van der Waals surface area (Å²) in [6, 6.07) is 8.23. The molecule has 0 radical (unpaired) electrons. The summed E-state index contributed by atoms with van der Waals surface area (Å²) in [6.07, 6.45) is 0. The molecule has 104 valence electrons. The molecule has 0 aliphatic carbocycles. The molecule has 1 N–H and O–H groups in total. The zero-order chi connectivity index (χ0) is 14.1. The van der Waals surface area contributed by atoms with Crippen LogP contribution in [0.4, 0.5) is 10.1 Å². The van der Waals surface area contributed by atoms with Crippen molar-refractivity contribution in [2.75, 3.05) is 12.1 Å². The van der Waals surface area contributed by atoms with E-state index >= 15 is 0 Å². The maximum absolute atomic E-state index is 13.2. The molecule has 1 aliphatic rings. The number of anilines is 1. The van der Waals surface area contributed by atoms with Crippen LogP contribution in [0.5, 0.6) is 11.5 Å². The Balaban J connectivity index is 1.80. The van der Waals surface area contributed by atoms with E-state index in [1.54, 1.807) is 18.2 Å². The third kappa shape index (κ3) is 2.51. The molecule has 0 amide bonds. The zero-order valence-electron chi connectivity index (χ0n) is 10.9. The van der Waals surface area contributed by atoms with Crippen molar-refractivity contribution in [3.63, 3.8) is 0 Å². The molecule has 2 aromatic carbocycles. The lowest BCUT2D eigenvalue weighted by Gasteiger charge is -2.11. The lowest BCUT2D eigenvalue weighted by molar-refractivity contribution is 0.174. The Hall–Kier alpha value is -1.94. The van der Waals surface area contributed by atoms with Gasteiger partial charge in [0.05, 0.1) is 10.7 Å². The monoisotopic (exact) mass is 293 g/mol. The first-order valence-corrected chi connectivity index (χ1v) is 6.59. The summed E-state index contributed by atoms with van der Waals surface area (Å²) in [6.45, 7) is 2.64. The number of aryl methyl sites for hydroxylation is 1. The fourth-order valence-electron chi connectivity index (χ4n) is 2.07. The summed E-state index contributed by atoms with van der Waals surface area (Å²) in [5, 5.41) is 3.74. The molecule has 0 fully saturated rings. The number of nitrogens with one attached hydrogen (secondary N) is 1. The van der Waals surface area contributed by atoms with Crippen LogP contribution in [0.1, 0.15) is 11.1 Å². The second-order valence-corrected chi connectivity index (χ2v) is 5.02. The van der Waals surface area contributed by atoms with Crippen LogP contribution in [0, 0.1) is 12.7 Å². The largest absolute Gasteiger partial charge is 0.454 e. The highest BCUT2D eigenvalue weighted by molar-refractivity contribution is 6.33. The summed E-state index contributed by atoms with van der Waals surface area (Å²) >= 11 is 6.17. The molecule has 3 rings (SSSR count). The fraction of sp³-hybridized carbons (Fsp3) is 0.200. The van der Waals surface area contributed by atoms with Crippen molar-refractivity contribution >= 4 is 17.3 Å². The molecule has 0 bridgehead atoms. The van der Waals surface area contributed by atoms with Crippen molar-refractivity contribution < 1.29 is 13.9 Å². The zero-order valence-corrected chi connectivity index (χ0v) is 11.6. The van der Waals surface area contributed by atoms with E-state index in [0.29, 0.717) is 23.1 Å². The van der Waals surface area contributed by atoms with E-state index in [0.717, 1.165) is 16.8 Å². The van der Waals surface area contributed by atoms with Crippen molar-refractivity contribution in [2.45, 2.75) is 13.5 Å². The first-order chi connectivity index (χ1) is 9.63. The number of rotatable bonds is 3. The average molecular weight is 294 g/mol. The smallest absolute Gasteiger partial charge is 0.231 e. The van der Waals surface area contributed by atoms with E-state index in [4.69, 9.17) is 21.1 Å². The van der Waals surface area contributed by atoms with E-state index in [2.05, 4.69) is 5.32 Å². The predicted molar refractivity (Wildman–Crippen MR) is 76.0 cm³/mol. The van der Waals surface area contributed by atoms with Crippen LogP contribution < -0.4 is 14.8 Å². The summed E-state index contributed by atoms with van der Waals surface area (Å²) in [4.78, 5) is 0. The second-order valence-electron chi connectivity index (χ2n) is 4.61. The van der Waals surface area contributed by atoms with E-state index in [1.165, 1.54) is 12.1 Å². The van der Waals surface area contributed by atoms with Crippen molar-refractivity contribution in [1.82, 2.24) is 0 Å². The maximum Gasteiger partial charge on any atom is 0.231 e. The van der Waals surface area contributed by atoms with Gasteiger partial charge >= 0.3 is 0 Å². The van der Waals surface area contributed by atoms with Gasteiger partial charge in [0, 0.05) is 18.7 Å². The number of ether oxygens (including phenoxy) is 2. The molecule has 5 heteroatoms. The molecule has 0 atom stereocenters. The van der Waals surface area contributed by atoms with Gasteiger partial charge in [-0.2, -0.15) is 0 Å². The van der Waals surface area contributed by atoms with Gasteiger partial charge in [-0.25, -0.2) is 4.39 Å². The molecule has 0 unspecified atom stereocenters. The highest BCUT2D eigenvalue weighted by atomic mass is 35.5. The highest BCUT2D eigenvalue weighted by Crippen LogP contribution is 2.39. The van der Waals surface area contributed by atoms with Crippen LogP contribution in [-0.2, 0) is 6.54 Å². The first-order valence-electron chi connectivity index (χ1n) is 6.21. The standard InChI is InChI=1S/C15H13ClFNO2/c1-9-2-3-11(17)4-10(9)7-18-13-6-15-14(5-12(13)16)19-8-20-15/h2-6,18H,7-8H2,1H3. The number of hydrogen-bond acceptors (Lipinski definition) is 3. The lowest BCUT2D eigenvalue weighted by atomic mass is 10.1. The third-order valence-electron chi connectivity index (χ3n) is 3.24. The Kier molecular flexibility index (Phi) is 3.40. The molecule has 1 aliphatic heterocycles. The average Bonchev–Trinajstić information content (AvgIpc) is 2.86. The summed E-state index contributed by atoms with van der Waals surface area (Å²) < 4.78 is 23.8. The topological polar surface area (TPSA) is 30.5 Å². The fourth-order valence-corrected chi connectivity index (χ4v) is 2.29. The molecule has 0 saturated carbocycles. The minimum Gasteiger partial charge on any atom is -0.454 e. The number of hydrogen-bond donors (Lipinski definition) is 1. The Morgan fingerprint density at radius 2 is 1.95 bits per heavy atom. The van der Waals surface area contributed by atoms with Gasteiger partial charge in [0.25, 0.3) is 0 Å². The van der Waals surface area contributed by atoms with Crippen molar-refractivity contribution in [1.29, 1.82) is 0 Å². The Labute approximate surface area is 121 Å². The van der Waals surface area contributed by atoms with Crippen LogP contribution in [0.3, 0.4) is 0 Å². The number of benzene rings is 2. The van der Waals surface area contributed by atoms with Gasteiger partial charge in [-0.15, -0.1) is 0 Å². The van der Waals surface area contributed by atoms with Gasteiger partial charge in [-0.05, 0) is 30.2 Å². The Morgan fingerprint density at radius 3 is 2.75 bits per heavy atom. The first kappa shape index (κ1) is 13.1. The van der Waals surface area contributed by atoms with E-state index in [1.807, 2.05) is 6.92 Å². The Morgan fingerprint density at radius 1 is 1.20 bits per heavy atom. The second kappa shape index (κ2) is 5.21. The third-order valence-corrected chi connectivity index (χ3v) is 3.56. The van der Waals surface area contributed by atoms with Crippen LogP contribution in [-0.4, -0.2) is 6.79 Å². The predicted octanol–water partition coefficient (Wildman–Crippen LogP) is 4.13. The van der Waals surface area contributed by atoms with Gasteiger partial charge in [0.15, 0.2) is 11.5 Å². The number of fused-ring (bicyclic) bond motifs is 1. The van der Waals surface area contributed by atoms with E-state index in [-0.39, 0.29) is 12.6 Å². The highest BCUT2D eigenvalue weighted by Gasteiger charge is 2.16. The number of halogens is 2. The molecule has 3 nitrogen and oxygen atoms in total. The molecule has 0 saturated heterocycles. The summed E-state index contributed by atoms with van der Waals surface area (Å²) in [5.41, 5.74) is 2.65. The normalized spacial score (nSPS) is 12.6. The minimum atomic E-state index is -0.246. The van der Waals surface area contributed by atoms with Gasteiger partial charge < -0.3 is 14.8 Å². The molecule has 1 heterocycles. The Bertz CT molecular complexity index is 661. The van der Waals surface area contributed by atoms with Gasteiger partial charge in [0.2, 0.25) is 6.79 Å². The molecule has 0 aromatic heterocycles. The molecule has 20 heavy (non-hydrogen) atoms. The molecular weight excluding hydrogens is 281 g/mol. The van der Waals surface area contributed by atoms with Crippen molar-refractivity contribution in [3.05, 3.63) is 52.3 Å². The lowest BCUT2D eigenvalue weighted by Crippen LogP contribution is -2.02. The van der Waals surface area contributed by atoms with Crippen molar-refractivity contribution in [3.8, 4) is 11.5 Å². The summed E-state index contributed by atoms with van der Waals surface area (Å²) in [5.74, 6) is 1.06. The van der Waals surface area contributed by atoms with Crippen LogP contribution in [0.15, 0.2) is 30.3 Å². The summed E-state index contributed by atoms with van der Waals surface area (Å²) in [7, 11) is 0. The molecular formula is C15H13ClFNO2. The van der Waals surface area contributed by atoms with E-state index in [9.17, 15) is 4.39 Å². The SMILES string of the molecule is Cc1ccc(F)cc1CNc1cc2c(cc1Cl)OCO2. The minimum absolute atomic E-state index is 0.206. The van der Waals surface area contributed by atoms with Gasteiger partial charge in [-0.3, -0.25) is 0 Å². The molecule has 2 aromatic rings. The quantitative estimate of drug-likeness (QED) is 0.923. The maximum atomic E-state index is 13.2. The van der Waals surface area contributed by atoms with Crippen LogP contribution >= 0.6 is 11.6 Å². The van der Waals surface area contributed by atoms with Crippen LogP contribution in [0.2, 0.25) is 5.02 Å². The van der Waals surface area contributed by atoms with Crippen molar-refractivity contribution in [2.24, 2.45) is 0 Å².